The minimum atomic E-state index is -2.53. The van der Waals surface area contributed by atoms with Crippen LogP contribution in [0.4, 0.5) is 13.3 Å². The van der Waals surface area contributed by atoms with E-state index in [0.29, 0.717) is 0 Å². The number of hydrogen-bond donors (Lipinski definition) is 0. The molecule has 0 atom stereocenters. The van der Waals surface area contributed by atoms with Crippen molar-refractivity contribution in [2.75, 3.05) is 14.1 Å². The summed E-state index contributed by atoms with van der Waals surface area (Å²) in [6.45, 7) is 2.72. The summed E-state index contributed by atoms with van der Waals surface area (Å²) >= 11 is 0. The maximum absolute atomic E-state index is 12.4. The van der Waals surface area contributed by atoms with E-state index in [1.165, 1.54) is 20.9 Å². The maximum atomic E-state index is 12.4. The van der Waals surface area contributed by atoms with Gasteiger partial charge in [0, 0.05) is 25.4 Å². The highest BCUT2D eigenvalue weighted by atomic mass is 19.3. The van der Waals surface area contributed by atoms with Gasteiger partial charge in [-0.15, -0.1) is 4.48 Å². The lowest BCUT2D eigenvalue weighted by atomic mass is 10.2. The number of allylic oxidation sites excluding steroid dienone is 2. The molecule has 12 heavy (non-hydrogen) atoms. The van der Waals surface area contributed by atoms with E-state index in [1.54, 1.807) is 0 Å². The predicted octanol–water partition coefficient (Wildman–Crippen LogP) is 2.21. The summed E-state index contributed by atoms with van der Waals surface area (Å²) in [6.07, 6.45) is -2.53. The minimum Gasteiger partial charge on any atom is -0.287 e. The van der Waals surface area contributed by atoms with Gasteiger partial charge in [0.25, 0.3) is 6.43 Å². The van der Waals surface area contributed by atoms with Gasteiger partial charge in [-0.2, -0.15) is 0 Å². The molecule has 0 saturated heterocycles. The molecule has 0 spiro atoms. The third kappa shape index (κ3) is 2.73. The van der Waals surface area contributed by atoms with Crippen molar-refractivity contribution in [1.82, 2.24) is 10.2 Å². The predicted molar refractivity (Wildman–Crippen MR) is 41.0 cm³/mol. The molecule has 0 rings (SSSR count). The molecule has 0 amide bonds. The second-order valence-corrected chi connectivity index (χ2v) is 2.54. The molecule has 5 heteroatoms. The molecule has 0 heterocycles. The lowest BCUT2D eigenvalue weighted by Gasteiger charge is -2.24. The zero-order valence-electron chi connectivity index (χ0n) is 7.61. The largest absolute Gasteiger partial charge is 0.287 e. The van der Waals surface area contributed by atoms with E-state index in [9.17, 15) is 13.3 Å². The zero-order valence-corrected chi connectivity index (χ0v) is 7.61. The van der Waals surface area contributed by atoms with Gasteiger partial charge in [0.15, 0.2) is 0 Å². The molecule has 0 aliphatic rings. The topological polar surface area (TPSA) is 6.48 Å². The van der Waals surface area contributed by atoms with Gasteiger partial charge < -0.3 is 0 Å². The fourth-order valence-electron chi connectivity index (χ4n) is 0.620. The molecule has 2 nitrogen and oxygen atoms in total. The average Bonchev–Trinajstić information content (AvgIpc) is 2.00. The van der Waals surface area contributed by atoms with E-state index >= 15 is 0 Å². The van der Waals surface area contributed by atoms with E-state index in [1.807, 2.05) is 0 Å². The molecule has 72 valence electrons. The maximum Gasteiger partial charge on any atom is 0.261 e. The Hall–Kier alpha value is -0.710. The summed E-state index contributed by atoms with van der Waals surface area (Å²) in [5.41, 5.74) is 0.0944. The molecule has 0 radical (unpaired) electrons. The monoisotopic (exact) mass is 182 g/mol. The Labute approximate surface area is 70.2 Å². The molecular formula is C7H13F3N2. The summed E-state index contributed by atoms with van der Waals surface area (Å²) in [6, 6.07) is 0. The first-order chi connectivity index (χ1) is 5.37. The summed E-state index contributed by atoms with van der Waals surface area (Å²) < 4.78 is 36.6. The fraction of sp³-hybridized carbons (Fsp3) is 0.714. The number of nitrogens with zero attached hydrogens (tertiary/aromatic N) is 2. The number of halogens is 3. The van der Waals surface area contributed by atoms with Crippen molar-refractivity contribution in [2.45, 2.75) is 20.3 Å². The van der Waals surface area contributed by atoms with Gasteiger partial charge in [0.1, 0.15) is 0 Å². The van der Waals surface area contributed by atoms with Crippen molar-refractivity contribution < 1.29 is 13.3 Å². The van der Waals surface area contributed by atoms with Crippen LogP contribution in [0, 0.1) is 0 Å². The molecule has 0 aromatic heterocycles. The number of rotatable bonds is 3. The van der Waals surface area contributed by atoms with Gasteiger partial charge in [-0.25, -0.2) is 8.78 Å². The second-order valence-electron chi connectivity index (χ2n) is 2.54. The van der Waals surface area contributed by atoms with E-state index in [2.05, 4.69) is 0 Å². The Morgan fingerprint density at radius 2 is 1.58 bits per heavy atom. The van der Waals surface area contributed by atoms with Crippen molar-refractivity contribution in [3.8, 4) is 0 Å². The van der Waals surface area contributed by atoms with Crippen molar-refractivity contribution in [1.29, 1.82) is 0 Å². The van der Waals surface area contributed by atoms with Crippen LogP contribution in [0.1, 0.15) is 13.8 Å². The summed E-state index contributed by atoms with van der Waals surface area (Å²) in [4.78, 5) is 0. The van der Waals surface area contributed by atoms with Gasteiger partial charge >= 0.3 is 0 Å². The summed E-state index contributed by atoms with van der Waals surface area (Å²) in [7, 11) is 2.52. The molecule has 0 fully saturated rings. The lowest BCUT2D eigenvalue weighted by molar-refractivity contribution is -0.112. The van der Waals surface area contributed by atoms with E-state index in [-0.39, 0.29) is 16.5 Å². The highest BCUT2D eigenvalue weighted by molar-refractivity contribution is 5.09. The van der Waals surface area contributed by atoms with Crippen LogP contribution in [0.5, 0.6) is 0 Å². The Kier molecular flexibility index (Phi) is 4.09. The van der Waals surface area contributed by atoms with Gasteiger partial charge in [0.2, 0.25) is 0 Å². The molecule has 0 aromatic rings. The normalized spacial score (nSPS) is 13.8. The quantitative estimate of drug-likeness (QED) is 0.487. The summed E-state index contributed by atoms with van der Waals surface area (Å²) in [5.74, 6) is 0. The number of alkyl halides is 2. The van der Waals surface area contributed by atoms with Crippen LogP contribution in [0.2, 0.25) is 0 Å². The number of hydrazine groups is 1. The molecule has 0 aliphatic heterocycles. The highest BCUT2D eigenvalue weighted by Crippen LogP contribution is 2.16. The third-order valence-corrected chi connectivity index (χ3v) is 1.80. The lowest BCUT2D eigenvalue weighted by Crippen LogP contribution is -2.29. The first-order valence-corrected chi connectivity index (χ1v) is 3.46. The van der Waals surface area contributed by atoms with Crippen LogP contribution in [0.15, 0.2) is 11.3 Å². The Bertz CT molecular complexity index is 177. The van der Waals surface area contributed by atoms with Crippen LogP contribution in [-0.2, 0) is 0 Å². The van der Waals surface area contributed by atoms with Crippen molar-refractivity contribution in [3.05, 3.63) is 11.3 Å². The molecule has 0 saturated carbocycles. The Morgan fingerprint density at radius 3 is 1.83 bits per heavy atom. The first-order valence-electron chi connectivity index (χ1n) is 3.46. The third-order valence-electron chi connectivity index (χ3n) is 1.80. The zero-order chi connectivity index (χ0) is 9.89. The fourth-order valence-corrected chi connectivity index (χ4v) is 0.620. The molecule has 0 bridgehead atoms. The van der Waals surface area contributed by atoms with Crippen LogP contribution in [-0.4, -0.2) is 30.8 Å². The average molecular weight is 182 g/mol. The number of hydrogen-bond acceptors (Lipinski definition) is 2. The molecule has 0 aliphatic carbocycles. The van der Waals surface area contributed by atoms with Gasteiger partial charge in [0.05, 0.1) is 0 Å². The molecule has 0 unspecified atom stereocenters. The van der Waals surface area contributed by atoms with Crippen LogP contribution in [0.3, 0.4) is 0 Å². The van der Waals surface area contributed by atoms with Crippen molar-refractivity contribution in [2.24, 2.45) is 0 Å². The highest BCUT2D eigenvalue weighted by Gasteiger charge is 2.13. The second kappa shape index (κ2) is 4.35. The Morgan fingerprint density at radius 1 is 1.17 bits per heavy atom. The van der Waals surface area contributed by atoms with Crippen molar-refractivity contribution >= 4 is 0 Å². The molecular weight excluding hydrogens is 169 g/mol. The van der Waals surface area contributed by atoms with E-state index in [0.717, 1.165) is 12.1 Å². The van der Waals surface area contributed by atoms with Crippen LogP contribution >= 0.6 is 0 Å². The van der Waals surface area contributed by atoms with E-state index < -0.39 is 6.43 Å². The van der Waals surface area contributed by atoms with Gasteiger partial charge in [-0.3, -0.25) is 5.01 Å². The Balaban J connectivity index is 4.54. The van der Waals surface area contributed by atoms with Gasteiger partial charge in [-0.1, -0.05) is 5.23 Å². The molecule has 0 N–H and O–H groups in total. The van der Waals surface area contributed by atoms with E-state index in [4.69, 9.17) is 0 Å². The van der Waals surface area contributed by atoms with Gasteiger partial charge in [-0.05, 0) is 13.8 Å². The smallest absolute Gasteiger partial charge is 0.261 e. The SMILES string of the molecule is C/C(=C(/C)N(C)N(C)F)C(F)F. The summed E-state index contributed by atoms with van der Waals surface area (Å²) in [5, 5.41) is 1.27. The first kappa shape index (κ1) is 11.3. The standard InChI is InChI=1S/C7H13F3N2/c1-5(7(8)9)6(2)11(3)12(4)10/h7H,1-4H3/b6-5+. The van der Waals surface area contributed by atoms with Crippen LogP contribution < -0.4 is 0 Å². The minimum absolute atomic E-state index is 0.123. The van der Waals surface area contributed by atoms with Crippen LogP contribution in [0.25, 0.3) is 0 Å². The van der Waals surface area contributed by atoms with Crippen molar-refractivity contribution in [3.63, 3.8) is 0 Å². The molecule has 0 aromatic carbocycles.